The van der Waals surface area contributed by atoms with Gasteiger partial charge in [-0.25, -0.2) is 4.39 Å². The molecule has 0 aliphatic heterocycles. The highest BCUT2D eigenvalue weighted by Crippen LogP contribution is 2.15. The fourth-order valence-electron chi connectivity index (χ4n) is 1.84. The SMILES string of the molecule is CNC(C(=O)Nc1ccc(F)cc1)c1ccccc1. The minimum atomic E-state index is -0.439. The number of carbonyl (C=O) groups is 1. The second kappa shape index (κ2) is 6.11. The molecular formula is C15H15FN2O. The highest BCUT2D eigenvalue weighted by molar-refractivity contribution is 5.95. The van der Waals surface area contributed by atoms with Gasteiger partial charge in [-0.1, -0.05) is 30.3 Å². The Morgan fingerprint density at radius 1 is 1.05 bits per heavy atom. The summed E-state index contributed by atoms with van der Waals surface area (Å²) in [5, 5.41) is 5.71. The van der Waals surface area contributed by atoms with Crippen LogP contribution in [0.3, 0.4) is 0 Å². The van der Waals surface area contributed by atoms with E-state index < -0.39 is 6.04 Å². The number of nitrogens with one attached hydrogen (secondary N) is 2. The van der Waals surface area contributed by atoms with E-state index in [9.17, 15) is 9.18 Å². The summed E-state index contributed by atoms with van der Waals surface area (Å²) in [7, 11) is 1.72. The fourth-order valence-corrected chi connectivity index (χ4v) is 1.84. The van der Waals surface area contributed by atoms with E-state index in [2.05, 4.69) is 10.6 Å². The third kappa shape index (κ3) is 3.39. The molecule has 0 saturated heterocycles. The van der Waals surface area contributed by atoms with Gasteiger partial charge in [-0.3, -0.25) is 4.79 Å². The Hall–Kier alpha value is -2.20. The summed E-state index contributed by atoms with van der Waals surface area (Å²) in [6.07, 6.45) is 0. The standard InChI is InChI=1S/C15H15FN2O/c1-17-14(11-5-3-2-4-6-11)15(19)18-13-9-7-12(16)8-10-13/h2-10,14,17H,1H3,(H,18,19). The molecule has 4 heteroatoms. The van der Waals surface area contributed by atoms with Crippen LogP contribution in [0.25, 0.3) is 0 Å². The van der Waals surface area contributed by atoms with Crippen molar-refractivity contribution in [3.63, 3.8) is 0 Å². The lowest BCUT2D eigenvalue weighted by Crippen LogP contribution is -2.30. The molecule has 0 radical (unpaired) electrons. The van der Waals surface area contributed by atoms with Crippen molar-refractivity contribution >= 4 is 11.6 Å². The van der Waals surface area contributed by atoms with E-state index in [0.29, 0.717) is 5.69 Å². The molecule has 3 nitrogen and oxygen atoms in total. The smallest absolute Gasteiger partial charge is 0.246 e. The van der Waals surface area contributed by atoms with Crippen LogP contribution in [0, 0.1) is 5.82 Å². The van der Waals surface area contributed by atoms with Gasteiger partial charge < -0.3 is 10.6 Å². The zero-order valence-electron chi connectivity index (χ0n) is 10.6. The summed E-state index contributed by atoms with van der Waals surface area (Å²) in [4.78, 5) is 12.2. The lowest BCUT2D eigenvalue weighted by molar-refractivity contribution is -0.118. The van der Waals surface area contributed by atoms with Gasteiger partial charge >= 0.3 is 0 Å². The zero-order valence-corrected chi connectivity index (χ0v) is 10.6. The quantitative estimate of drug-likeness (QED) is 0.885. The molecule has 2 N–H and O–H groups in total. The lowest BCUT2D eigenvalue weighted by atomic mass is 10.1. The van der Waals surface area contributed by atoms with Crippen LogP contribution >= 0.6 is 0 Å². The van der Waals surface area contributed by atoms with Crippen LogP contribution in [0.15, 0.2) is 54.6 Å². The molecule has 0 aliphatic rings. The largest absolute Gasteiger partial charge is 0.324 e. The Morgan fingerprint density at radius 3 is 2.26 bits per heavy atom. The van der Waals surface area contributed by atoms with Gasteiger partial charge in [0.2, 0.25) is 5.91 Å². The Morgan fingerprint density at radius 2 is 1.68 bits per heavy atom. The maximum Gasteiger partial charge on any atom is 0.246 e. The van der Waals surface area contributed by atoms with Crippen LogP contribution in [-0.4, -0.2) is 13.0 Å². The van der Waals surface area contributed by atoms with Crippen LogP contribution < -0.4 is 10.6 Å². The molecule has 0 aromatic heterocycles. The number of likely N-dealkylation sites (N-methyl/N-ethyl adjacent to an activating group) is 1. The Kier molecular flexibility index (Phi) is 4.26. The number of halogens is 1. The third-order valence-electron chi connectivity index (χ3n) is 2.80. The van der Waals surface area contributed by atoms with Gasteiger partial charge in [0.25, 0.3) is 0 Å². The molecule has 0 heterocycles. The maximum absolute atomic E-state index is 12.8. The summed E-state index contributed by atoms with van der Waals surface area (Å²) in [6, 6.07) is 14.7. The molecule has 2 aromatic rings. The number of rotatable bonds is 4. The number of hydrogen-bond acceptors (Lipinski definition) is 2. The van der Waals surface area contributed by atoms with Gasteiger partial charge in [-0.2, -0.15) is 0 Å². The number of hydrogen-bond donors (Lipinski definition) is 2. The van der Waals surface area contributed by atoms with E-state index in [4.69, 9.17) is 0 Å². The monoisotopic (exact) mass is 258 g/mol. The topological polar surface area (TPSA) is 41.1 Å². The molecule has 0 spiro atoms. The fraction of sp³-hybridized carbons (Fsp3) is 0.133. The van der Waals surface area contributed by atoms with Crippen LogP contribution in [0.2, 0.25) is 0 Å². The molecule has 0 saturated carbocycles. The van der Waals surface area contributed by atoms with Crippen molar-refractivity contribution in [2.45, 2.75) is 6.04 Å². The first-order chi connectivity index (χ1) is 9.20. The summed E-state index contributed by atoms with van der Waals surface area (Å²) < 4.78 is 12.8. The number of carbonyl (C=O) groups excluding carboxylic acids is 1. The van der Waals surface area contributed by atoms with Crippen molar-refractivity contribution in [2.75, 3.05) is 12.4 Å². The second-order valence-corrected chi connectivity index (χ2v) is 4.13. The van der Waals surface area contributed by atoms with E-state index in [-0.39, 0.29) is 11.7 Å². The molecule has 1 unspecified atom stereocenters. The second-order valence-electron chi connectivity index (χ2n) is 4.13. The average molecular weight is 258 g/mol. The molecule has 1 amide bonds. The maximum atomic E-state index is 12.8. The molecule has 0 bridgehead atoms. The van der Waals surface area contributed by atoms with Crippen molar-refractivity contribution in [3.8, 4) is 0 Å². The summed E-state index contributed by atoms with van der Waals surface area (Å²) in [5.41, 5.74) is 1.45. The minimum absolute atomic E-state index is 0.180. The van der Waals surface area contributed by atoms with Crippen molar-refractivity contribution in [1.29, 1.82) is 0 Å². The normalized spacial score (nSPS) is 11.9. The summed E-state index contributed by atoms with van der Waals surface area (Å²) >= 11 is 0. The average Bonchev–Trinajstić information content (AvgIpc) is 2.43. The van der Waals surface area contributed by atoms with Crippen molar-refractivity contribution in [1.82, 2.24) is 5.32 Å². The number of anilines is 1. The van der Waals surface area contributed by atoms with Gasteiger partial charge in [-0.15, -0.1) is 0 Å². The van der Waals surface area contributed by atoms with Gasteiger partial charge in [0, 0.05) is 5.69 Å². The molecule has 19 heavy (non-hydrogen) atoms. The first kappa shape index (κ1) is 13.2. The third-order valence-corrected chi connectivity index (χ3v) is 2.80. The predicted octanol–water partition coefficient (Wildman–Crippen LogP) is 2.72. The van der Waals surface area contributed by atoms with E-state index in [1.54, 1.807) is 7.05 Å². The van der Waals surface area contributed by atoms with E-state index in [1.807, 2.05) is 30.3 Å². The predicted molar refractivity (Wildman–Crippen MR) is 73.3 cm³/mol. The first-order valence-electron chi connectivity index (χ1n) is 5.99. The van der Waals surface area contributed by atoms with Gasteiger partial charge in [-0.05, 0) is 36.9 Å². The number of amides is 1. The highest BCUT2D eigenvalue weighted by atomic mass is 19.1. The highest BCUT2D eigenvalue weighted by Gasteiger charge is 2.18. The van der Waals surface area contributed by atoms with Crippen LogP contribution in [-0.2, 0) is 4.79 Å². The van der Waals surface area contributed by atoms with Crippen LogP contribution in [0.4, 0.5) is 10.1 Å². The van der Waals surface area contributed by atoms with Gasteiger partial charge in [0.1, 0.15) is 11.9 Å². The molecular weight excluding hydrogens is 243 g/mol. The molecule has 1 atom stereocenters. The number of benzene rings is 2. The first-order valence-corrected chi connectivity index (χ1v) is 5.99. The van der Waals surface area contributed by atoms with Crippen LogP contribution in [0.5, 0.6) is 0 Å². The Labute approximate surface area is 111 Å². The molecule has 0 aliphatic carbocycles. The van der Waals surface area contributed by atoms with Gasteiger partial charge in [0.05, 0.1) is 0 Å². The van der Waals surface area contributed by atoms with Crippen molar-refractivity contribution in [2.24, 2.45) is 0 Å². The molecule has 0 fully saturated rings. The van der Waals surface area contributed by atoms with E-state index in [1.165, 1.54) is 24.3 Å². The Bertz CT molecular complexity index is 540. The molecule has 2 rings (SSSR count). The Balaban J connectivity index is 2.11. The van der Waals surface area contributed by atoms with E-state index in [0.717, 1.165) is 5.56 Å². The van der Waals surface area contributed by atoms with Crippen molar-refractivity contribution < 1.29 is 9.18 Å². The van der Waals surface area contributed by atoms with Crippen LogP contribution in [0.1, 0.15) is 11.6 Å². The van der Waals surface area contributed by atoms with Crippen molar-refractivity contribution in [3.05, 3.63) is 66.0 Å². The zero-order chi connectivity index (χ0) is 13.7. The minimum Gasteiger partial charge on any atom is -0.324 e. The summed E-state index contributed by atoms with van der Waals surface area (Å²) in [6.45, 7) is 0. The lowest BCUT2D eigenvalue weighted by Gasteiger charge is -2.16. The summed E-state index contributed by atoms with van der Waals surface area (Å²) in [5.74, 6) is -0.508. The molecule has 2 aromatic carbocycles. The molecule has 98 valence electrons. The van der Waals surface area contributed by atoms with E-state index >= 15 is 0 Å². The van der Waals surface area contributed by atoms with Gasteiger partial charge in [0.15, 0.2) is 0 Å².